The molecule has 2 aliphatic carbocycles. The molecular weight excluding hydrogens is 598 g/mol. The number of fused-ring (bicyclic) bond motifs is 1. The third kappa shape index (κ3) is 4.74. The van der Waals surface area contributed by atoms with Gasteiger partial charge in [-0.15, -0.1) is 10.2 Å². The summed E-state index contributed by atoms with van der Waals surface area (Å²) >= 11 is 7.73. The second-order valence-electron chi connectivity index (χ2n) is 11.2. The molecule has 16 heteroatoms. The van der Waals surface area contributed by atoms with Gasteiger partial charge in [0, 0.05) is 38.3 Å². The topological polar surface area (TPSA) is 137 Å². The van der Waals surface area contributed by atoms with Crippen LogP contribution in [-0.4, -0.2) is 77.2 Å². The van der Waals surface area contributed by atoms with E-state index >= 15 is 4.39 Å². The number of alkyl halides is 1. The maximum atomic E-state index is 16.4. The Morgan fingerprint density at radius 2 is 1.90 bits per heavy atom. The summed E-state index contributed by atoms with van der Waals surface area (Å²) in [5, 5.41) is 18.7. The maximum absolute atomic E-state index is 16.4. The second-order valence-corrected chi connectivity index (χ2v) is 14.2. The van der Waals surface area contributed by atoms with E-state index in [-0.39, 0.29) is 52.1 Å². The smallest absolute Gasteiger partial charge is 0.245 e. The van der Waals surface area contributed by atoms with E-state index in [1.165, 1.54) is 4.40 Å². The summed E-state index contributed by atoms with van der Waals surface area (Å²) in [5.41, 5.74) is -1.89. The molecular formula is C25H27ClF2N8O3S2. The molecule has 0 radical (unpaired) electrons. The predicted octanol–water partition coefficient (Wildman–Crippen LogP) is 3.29. The minimum Gasteiger partial charge on any atom is -0.364 e. The molecule has 218 valence electrons. The summed E-state index contributed by atoms with van der Waals surface area (Å²) in [7, 11) is -4.51. The number of carbonyl (C=O) groups is 1. The van der Waals surface area contributed by atoms with Crippen LogP contribution in [0, 0.1) is 23.1 Å². The Labute approximate surface area is 244 Å². The van der Waals surface area contributed by atoms with Crippen LogP contribution in [0.3, 0.4) is 0 Å². The zero-order valence-electron chi connectivity index (χ0n) is 22.3. The molecule has 11 nitrogen and oxygen atoms in total. The number of imidazole rings is 1. The van der Waals surface area contributed by atoms with Gasteiger partial charge < -0.3 is 9.80 Å². The molecule has 41 heavy (non-hydrogen) atoms. The summed E-state index contributed by atoms with van der Waals surface area (Å²) in [5.74, 6) is -1.13. The van der Waals surface area contributed by atoms with Crippen molar-refractivity contribution in [1.82, 2.24) is 29.2 Å². The van der Waals surface area contributed by atoms with E-state index in [4.69, 9.17) is 11.6 Å². The fraction of sp³-hybridized carbons (Fsp3) is 0.560. The Bertz CT molecular complexity index is 1700. The third-order valence-electron chi connectivity index (χ3n) is 7.90. The number of piperazine rings is 1. The first-order valence-electron chi connectivity index (χ1n) is 13.2. The van der Waals surface area contributed by atoms with E-state index in [1.807, 2.05) is 0 Å². The van der Waals surface area contributed by atoms with Crippen molar-refractivity contribution in [2.24, 2.45) is 5.92 Å². The Morgan fingerprint density at radius 3 is 2.46 bits per heavy atom. The van der Waals surface area contributed by atoms with Crippen molar-refractivity contribution in [3.8, 4) is 16.9 Å². The van der Waals surface area contributed by atoms with Crippen LogP contribution < -0.4 is 9.62 Å². The van der Waals surface area contributed by atoms with Crippen LogP contribution in [0.1, 0.15) is 44.5 Å². The first-order chi connectivity index (χ1) is 19.4. The Morgan fingerprint density at radius 1 is 1.22 bits per heavy atom. The van der Waals surface area contributed by atoms with Crippen molar-refractivity contribution >= 4 is 50.1 Å². The molecule has 3 aromatic rings. The molecule has 6 rings (SSSR count). The van der Waals surface area contributed by atoms with Gasteiger partial charge in [-0.2, -0.15) is 5.26 Å². The average molecular weight is 625 g/mol. The monoisotopic (exact) mass is 624 g/mol. The molecule has 1 aliphatic heterocycles. The van der Waals surface area contributed by atoms with Crippen molar-refractivity contribution < 1.29 is 22.0 Å². The number of nitriles is 1. The highest BCUT2D eigenvalue weighted by Gasteiger charge is 2.49. The molecule has 3 aromatic heterocycles. The van der Waals surface area contributed by atoms with Crippen LogP contribution in [0.5, 0.6) is 0 Å². The number of halogens is 3. The fourth-order valence-electron chi connectivity index (χ4n) is 5.04. The lowest BCUT2D eigenvalue weighted by Crippen LogP contribution is -2.50. The van der Waals surface area contributed by atoms with Crippen molar-refractivity contribution in [2.45, 2.75) is 55.4 Å². The minimum atomic E-state index is -4.51. The highest BCUT2D eigenvalue weighted by Crippen LogP contribution is 2.49. The van der Waals surface area contributed by atoms with Gasteiger partial charge in [0.05, 0.1) is 11.6 Å². The SMILES string of the molecule is CC(C)C(=O)N1CCN(c2c(F)c(S(=O)(=O)NC3(CF)CC3)cn3c(-c4nnc(C5(C#N)CC5)s4)nc(Cl)c23)CC1. The fourth-order valence-corrected chi connectivity index (χ4v) is 7.84. The van der Waals surface area contributed by atoms with Gasteiger partial charge in [0.15, 0.2) is 21.8 Å². The number of carbonyl (C=O) groups excluding carboxylic acids is 1. The largest absolute Gasteiger partial charge is 0.364 e. The van der Waals surface area contributed by atoms with Crippen LogP contribution in [0.2, 0.25) is 5.15 Å². The van der Waals surface area contributed by atoms with Crippen LogP contribution >= 0.6 is 22.9 Å². The lowest BCUT2D eigenvalue weighted by Gasteiger charge is -2.37. The van der Waals surface area contributed by atoms with E-state index in [0.29, 0.717) is 43.8 Å². The summed E-state index contributed by atoms with van der Waals surface area (Å²) in [6, 6.07) is 2.27. The number of pyridine rings is 1. The van der Waals surface area contributed by atoms with Crippen LogP contribution in [0.15, 0.2) is 11.1 Å². The number of hydrogen-bond donors (Lipinski definition) is 1. The Kier molecular flexibility index (Phi) is 6.76. The first kappa shape index (κ1) is 28.2. The lowest BCUT2D eigenvalue weighted by atomic mass is 10.1. The molecule has 1 N–H and O–H groups in total. The van der Waals surface area contributed by atoms with Gasteiger partial charge in [0.1, 0.15) is 33.2 Å². The molecule has 0 aromatic carbocycles. The van der Waals surface area contributed by atoms with E-state index < -0.39 is 38.4 Å². The molecule has 4 heterocycles. The van der Waals surface area contributed by atoms with Gasteiger partial charge in [0.25, 0.3) is 0 Å². The van der Waals surface area contributed by atoms with Gasteiger partial charge in [-0.05, 0) is 25.7 Å². The average Bonchev–Trinajstić information content (AvgIpc) is 3.84. The minimum absolute atomic E-state index is 0.0284. The molecule has 0 spiro atoms. The summed E-state index contributed by atoms with van der Waals surface area (Å²) in [4.78, 5) is 19.6. The van der Waals surface area contributed by atoms with Crippen molar-refractivity contribution in [3.05, 3.63) is 22.2 Å². The van der Waals surface area contributed by atoms with E-state index in [2.05, 4.69) is 26.0 Å². The molecule has 0 unspecified atom stereocenters. The molecule has 2 saturated carbocycles. The number of amides is 1. The second kappa shape index (κ2) is 9.82. The number of nitrogens with one attached hydrogen (secondary N) is 1. The maximum Gasteiger partial charge on any atom is 0.245 e. The predicted molar refractivity (Wildman–Crippen MR) is 147 cm³/mol. The molecule has 1 amide bonds. The van der Waals surface area contributed by atoms with Crippen molar-refractivity contribution in [2.75, 3.05) is 37.8 Å². The van der Waals surface area contributed by atoms with Gasteiger partial charge in [-0.3, -0.25) is 9.20 Å². The summed E-state index contributed by atoms with van der Waals surface area (Å²) in [6.45, 7) is 3.75. The summed E-state index contributed by atoms with van der Waals surface area (Å²) < 4.78 is 60.7. The number of hydrogen-bond acceptors (Lipinski definition) is 9. The number of sulfonamides is 1. The van der Waals surface area contributed by atoms with Crippen LogP contribution in [0.4, 0.5) is 14.5 Å². The van der Waals surface area contributed by atoms with Crippen LogP contribution in [0.25, 0.3) is 16.3 Å². The zero-order chi connectivity index (χ0) is 29.3. The van der Waals surface area contributed by atoms with Gasteiger partial charge in [-0.1, -0.05) is 36.8 Å². The van der Waals surface area contributed by atoms with Crippen LogP contribution in [-0.2, 0) is 20.2 Å². The van der Waals surface area contributed by atoms with E-state index in [1.54, 1.807) is 23.6 Å². The first-order valence-corrected chi connectivity index (χ1v) is 15.9. The molecule has 0 bridgehead atoms. The van der Waals surface area contributed by atoms with Crippen molar-refractivity contribution in [3.63, 3.8) is 0 Å². The third-order valence-corrected chi connectivity index (χ3v) is 10.9. The number of rotatable bonds is 8. The van der Waals surface area contributed by atoms with Gasteiger partial charge in [-0.25, -0.2) is 26.9 Å². The number of aromatic nitrogens is 4. The Hall–Kier alpha value is -2.93. The molecule has 0 atom stereocenters. The van der Waals surface area contributed by atoms with Crippen molar-refractivity contribution in [1.29, 1.82) is 5.26 Å². The molecule has 3 fully saturated rings. The molecule has 3 aliphatic rings. The normalized spacial score (nSPS) is 19.5. The highest BCUT2D eigenvalue weighted by molar-refractivity contribution is 7.89. The number of anilines is 1. The lowest BCUT2D eigenvalue weighted by molar-refractivity contribution is -0.134. The van der Waals surface area contributed by atoms with E-state index in [9.17, 15) is 22.9 Å². The number of nitrogens with zero attached hydrogens (tertiary/aromatic N) is 7. The Balaban J connectivity index is 1.48. The standard InChI is InChI=1S/C25H27ClF2N8O3S2/c1-14(2)22(37)35-9-7-34(8-10-35)17-16(28)15(41(38,39)33-25(12-27)5-6-25)11-36-18(17)19(26)30-20(36)21-31-32-23(40-21)24(13-29)3-4-24/h11,14,33H,3-10,12H2,1-2H3. The highest BCUT2D eigenvalue weighted by atomic mass is 35.5. The molecule has 1 saturated heterocycles. The summed E-state index contributed by atoms with van der Waals surface area (Å²) in [6.07, 6.45) is 3.01. The zero-order valence-corrected chi connectivity index (χ0v) is 24.7. The van der Waals surface area contributed by atoms with E-state index in [0.717, 1.165) is 17.5 Å². The van der Waals surface area contributed by atoms with Gasteiger partial charge >= 0.3 is 0 Å². The van der Waals surface area contributed by atoms with Gasteiger partial charge in [0.2, 0.25) is 15.9 Å². The quantitative estimate of drug-likeness (QED) is 0.403.